The summed E-state index contributed by atoms with van der Waals surface area (Å²) >= 11 is 1.55. The number of rotatable bonds is 6. The van der Waals surface area contributed by atoms with Crippen LogP contribution in [-0.4, -0.2) is 31.6 Å². The SMILES string of the molecule is COC(=O)CCc1ccc2oc(-c3ccc(OC)cc3O)c(SC)c2c1. The Kier molecular flexibility index (Phi) is 5.42. The van der Waals surface area contributed by atoms with Crippen LogP contribution in [0.15, 0.2) is 45.7 Å². The Hall–Kier alpha value is -2.60. The Morgan fingerprint density at radius 3 is 2.65 bits per heavy atom. The zero-order chi connectivity index (χ0) is 18.7. The van der Waals surface area contributed by atoms with E-state index < -0.39 is 0 Å². The van der Waals surface area contributed by atoms with Gasteiger partial charge >= 0.3 is 5.97 Å². The number of hydrogen-bond donors (Lipinski definition) is 1. The number of carbonyl (C=O) groups is 1. The first-order valence-electron chi connectivity index (χ1n) is 8.11. The number of esters is 1. The molecule has 0 fully saturated rings. The van der Waals surface area contributed by atoms with E-state index in [2.05, 4.69) is 0 Å². The number of methoxy groups -OCH3 is 2. The highest BCUT2D eigenvalue weighted by Crippen LogP contribution is 2.43. The molecule has 1 N–H and O–H groups in total. The summed E-state index contributed by atoms with van der Waals surface area (Å²) in [4.78, 5) is 12.3. The molecule has 0 saturated heterocycles. The summed E-state index contributed by atoms with van der Waals surface area (Å²) in [5.41, 5.74) is 2.38. The molecule has 2 aromatic carbocycles. The maximum atomic E-state index is 11.4. The summed E-state index contributed by atoms with van der Waals surface area (Å²) in [7, 11) is 2.94. The Morgan fingerprint density at radius 2 is 2.00 bits per heavy atom. The van der Waals surface area contributed by atoms with E-state index in [0.717, 1.165) is 21.4 Å². The van der Waals surface area contributed by atoms with Crippen molar-refractivity contribution in [3.8, 4) is 22.8 Å². The highest BCUT2D eigenvalue weighted by Gasteiger charge is 2.19. The molecule has 0 spiro atoms. The first-order valence-corrected chi connectivity index (χ1v) is 9.33. The van der Waals surface area contributed by atoms with Gasteiger partial charge in [0.1, 0.15) is 17.1 Å². The summed E-state index contributed by atoms with van der Waals surface area (Å²) in [6.07, 6.45) is 2.90. The molecule has 3 rings (SSSR count). The molecule has 0 unspecified atom stereocenters. The summed E-state index contributed by atoms with van der Waals surface area (Å²) in [6, 6.07) is 11.0. The predicted molar refractivity (Wildman–Crippen MR) is 102 cm³/mol. The minimum Gasteiger partial charge on any atom is -0.507 e. The van der Waals surface area contributed by atoms with E-state index in [1.165, 1.54) is 7.11 Å². The van der Waals surface area contributed by atoms with Crippen molar-refractivity contribution in [2.75, 3.05) is 20.5 Å². The number of phenols is 1. The number of aromatic hydroxyl groups is 1. The van der Waals surface area contributed by atoms with Crippen molar-refractivity contribution in [2.24, 2.45) is 0 Å². The first-order chi connectivity index (χ1) is 12.6. The molecule has 26 heavy (non-hydrogen) atoms. The van der Waals surface area contributed by atoms with Gasteiger partial charge in [0.05, 0.1) is 24.7 Å². The van der Waals surface area contributed by atoms with Gasteiger partial charge in [0.2, 0.25) is 0 Å². The molecule has 5 nitrogen and oxygen atoms in total. The third-order valence-electron chi connectivity index (χ3n) is 4.21. The lowest BCUT2D eigenvalue weighted by Gasteiger charge is -2.06. The molecule has 0 atom stereocenters. The number of carbonyl (C=O) groups excluding carboxylic acids is 1. The van der Waals surface area contributed by atoms with Crippen LogP contribution in [0.4, 0.5) is 0 Å². The van der Waals surface area contributed by atoms with Crippen LogP contribution in [0.5, 0.6) is 11.5 Å². The van der Waals surface area contributed by atoms with Crippen LogP contribution in [0, 0.1) is 0 Å². The van der Waals surface area contributed by atoms with Gasteiger partial charge in [-0.15, -0.1) is 11.8 Å². The second kappa shape index (κ2) is 7.74. The number of ether oxygens (including phenoxy) is 2. The van der Waals surface area contributed by atoms with Crippen LogP contribution in [0.1, 0.15) is 12.0 Å². The Balaban J connectivity index is 2.03. The standard InChI is InChI=1S/C20H20O5S/c1-23-13-6-7-14(16(21)11-13)19-20(26-3)15-10-12(4-8-17(15)25-19)5-9-18(22)24-2/h4,6-8,10-11,21H,5,9H2,1-3H3. The number of fused-ring (bicyclic) bond motifs is 1. The van der Waals surface area contributed by atoms with Gasteiger partial charge in [-0.25, -0.2) is 0 Å². The highest BCUT2D eigenvalue weighted by atomic mass is 32.2. The normalized spacial score (nSPS) is 10.9. The molecule has 6 heteroatoms. The van der Waals surface area contributed by atoms with Gasteiger partial charge in [0, 0.05) is 17.9 Å². The van der Waals surface area contributed by atoms with Crippen molar-refractivity contribution in [1.29, 1.82) is 0 Å². The minimum absolute atomic E-state index is 0.102. The van der Waals surface area contributed by atoms with Crippen molar-refractivity contribution < 1.29 is 23.8 Å². The van der Waals surface area contributed by atoms with Crippen molar-refractivity contribution >= 4 is 28.7 Å². The largest absolute Gasteiger partial charge is 0.507 e. The average Bonchev–Trinajstić information content (AvgIpc) is 3.03. The second-order valence-electron chi connectivity index (χ2n) is 5.75. The minimum atomic E-state index is -0.230. The fraction of sp³-hybridized carbons (Fsp3) is 0.250. The molecule has 1 aromatic heterocycles. The van der Waals surface area contributed by atoms with Crippen LogP contribution in [0.3, 0.4) is 0 Å². The van der Waals surface area contributed by atoms with E-state index >= 15 is 0 Å². The summed E-state index contributed by atoms with van der Waals surface area (Å²) in [6.45, 7) is 0. The number of thioether (sulfide) groups is 1. The number of aryl methyl sites for hydroxylation is 1. The van der Waals surface area contributed by atoms with Gasteiger partial charge in [0.25, 0.3) is 0 Å². The molecule has 0 aliphatic rings. The van der Waals surface area contributed by atoms with Crippen molar-refractivity contribution in [3.63, 3.8) is 0 Å². The molecule has 1 heterocycles. The van der Waals surface area contributed by atoms with E-state index in [9.17, 15) is 9.90 Å². The molecule has 0 aliphatic carbocycles. The maximum absolute atomic E-state index is 11.4. The molecule has 3 aromatic rings. The predicted octanol–water partition coefficient (Wildman–Crippen LogP) is 4.64. The second-order valence-corrected chi connectivity index (χ2v) is 6.57. The van der Waals surface area contributed by atoms with Crippen LogP contribution in [0.25, 0.3) is 22.3 Å². The number of phenolic OH excluding ortho intramolecular Hbond substituents is 1. The molecule has 136 valence electrons. The quantitative estimate of drug-likeness (QED) is 0.502. The highest BCUT2D eigenvalue weighted by molar-refractivity contribution is 7.99. The molecule has 0 aliphatic heterocycles. The average molecular weight is 372 g/mol. The third-order valence-corrected chi connectivity index (χ3v) is 5.02. The van der Waals surface area contributed by atoms with Crippen molar-refractivity contribution in [2.45, 2.75) is 17.7 Å². The summed E-state index contributed by atoms with van der Waals surface area (Å²) < 4.78 is 15.9. The topological polar surface area (TPSA) is 68.9 Å². The van der Waals surface area contributed by atoms with E-state index in [1.807, 2.05) is 24.5 Å². The molecule has 0 saturated carbocycles. The van der Waals surface area contributed by atoms with E-state index in [-0.39, 0.29) is 11.7 Å². The summed E-state index contributed by atoms with van der Waals surface area (Å²) in [5, 5.41) is 11.3. The molecule has 0 amide bonds. The number of hydrogen-bond acceptors (Lipinski definition) is 6. The van der Waals surface area contributed by atoms with E-state index in [0.29, 0.717) is 29.9 Å². The van der Waals surface area contributed by atoms with Gasteiger partial charge in [-0.2, -0.15) is 0 Å². The molecule has 0 bridgehead atoms. The lowest BCUT2D eigenvalue weighted by molar-refractivity contribution is -0.140. The number of benzene rings is 2. The van der Waals surface area contributed by atoms with E-state index in [1.54, 1.807) is 37.1 Å². The van der Waals surface area contributed by atoms with Gasteiger partial charge < -0.3 is 19.0 Å². The zero-order valence-corrected chi connectivity index (χ0v) is 15.7. The first kappa shape index (κ1) is 18.2. The van der Waals surface area contributed by atoms with Crippen LogP contribution >= 0.6 is 11.8 Å². The van der Waals surface area contributed by atoms with Crippen LogP contribution < -0.4 is 4.74 Å². The lowest BCUT2D eigenvalue weighted by atomic mass is 10.1. The maximum Gasteiger partial charge on any atom is 0.305 e. The smallest absolute Gasteiger partial charge is 0.305 e. The van der Waals surface area contributed by atoms with Crippen molar-refractivity contribution in [3.05, 3.63) is 42.0 Å². The molecule has 0 radical (unpaired) electrons. The summed E-state index contributed by atoms with van der Waals surface area (Å²) in [5.74, 6) is 1.08. The van der Waals surface area contributed by atoms with Gasteiger partial charge in [-0.05, 0) is 42.5 Å². The fourth-order valence-corrected chi connectivity index (χ4v) is 3.55. The van der Waals surface area contributed by atoms with Gasteiger partial charge in [-0.1, -0.05) is 6.07 Å². The lowest BCUT2D eigenvalue weighted by Crippen LogP contribution is -2.01. The molecular weight excluding hydrogens is 352 g/mol. The third kappa shape index (κ3) is 3.51. The van der Waals surface area contributed by atoms with Gasteiger partial charge in [-0.3, -0.25) is 4.79 Å². The van der Waals surface area contributed by atoms with E-state index in [4.69, 9.17) is 13.9 Å². The zero-order valence-electron chi connectivity index (χ0n) is 14.9. The number of furan rings is 1. The Labute approximate surface area is 155 Å². The van der Waals surface area contributed by atoms with Crippen LogP contribution in [0.2, 0.25) is 0 Å². The Morgan fingerprint density at radius 1 is 1.19 bits per heavy atom. The Bertz CT molecular complexity index is 945. The molecular formula is C20H20O5S. The fourth-order valence-electron chi connectivity index (χ4n) is 2.84. The van der Waals surface area contributed by atoms with Crippen LogP contribution in [-0.2, 0) is 16.0 Å². The van der Waals surface area contributed by atoms with Crippen molar-refractivity contribution in [1.82, 2.24) is 0 Å². The van der Waals surface area contributed by atoms with Gasteiger partial charge in [0.15, 0.2) is 5.76 Å². The monoisotopic (exact) mass is 372 g/mol.